The molecule has 0 spiro atoms. The van der Waals surface area contributed by atoms with Gasteiger partial charge in [-0.25, -0.2) is 9.37 Å². The molecule has 0 saturated carbocycles. The SMILES string of the molecule is Cn1cc(-c2ccc3cnc(NC(=O)C4CN(CC(C)(C)F)C4)cc3c2)cn1. The van der Waals surface area contributed by atoms with Crippen molar-refractivity contribution in [3.63, 3.8) is 0 Å². The van der Waals surface area contributed by atoms with E-state index < -0.39 is 5.67 Å². The highest BCUT2D eigenvalue weighted by atomic mass is 19.1. The van der Waals surface area contributed by atoms with Crippen molar-refractivity contribution in [2.75, 3.05) is 25.0 Å². The molecule has 1 aliphatic rings. The molecule has 4 rings (SSSR count). The summed E-state index contributed by atoms with van der Waals surface area (Å²) in [4.78, 5) is 18.8. The lowest BCUT2D eigenvalue weighted by Crippen LogP contribution is -2.55. The van der Waals surface area contributed by atoms with Crippen LogP contribution < -0.4 is 5.32 Å². The molecule has 2 aromatic heterocycles. The highest BCUT2D eigenvalue weighted by Crippen LogP contribution is 2.26. The second-order valence-corrected chi connectivity index (χ2v) is 8.13. The fourth-order valence-corrected chi connectivity index (χ4v) is 3.58. The Bertz CT molecular complexity index is 1020. The molecule has 1 N–H and O–H groups in total. The second-order valence-electron chi connectivity index (χ2n) is 8.13. The number of aryl methyl sites for hydroxylation is 1. The number of aromatic nitrogens is 3. The molecule has 0 aliphatic carbocycles. The third-order valence-electron chi connectivity index (χ3n) is 4.94. The Morgan fingerprint density at radius 1 is 1.21 bits per heavy atom. The van der Waals surface area contributed by atoms with Crippen LogP contribution in [0.2, 0.25) is 0 Å². The lowest BCUT2D eigenvalue weighted by atomic mass is 9.97. The number of halogens is 1. The number of carbonyl (C=O) groups excluding carboxylic acids is 1. The van der Waals surface area contributed by atoms with E-state index in [2.05, 4.69) is 21.5 Å². The van der Waals surface area contributed by atoms with Crippen molar-refractivity contribution in [1.29, 1.82) is 0 Å². The smallest absolute Gasteiger partial charge is 0.231 e. The standard InChI is InChI=1S/C21H24FN5O/c1-21(2,22)13-27-11-18(12-27)20(28)25-19-7-16-6-14(4-5-15(16)8-23-19)17-9-24-26(3)10-17/h4-10,18H,11-13H2,1-3H3,(H,23,25,28). The topological polar surface area (TPSA) is 63.1 Å². The number of nitrogens with one attached hydrogen (secondary N) is 1. The molecule has 146 valence electrons. The molecule has 0 bridgehead atoms. The first-order valence-electron chi connectivity index (χ1n) is 9.38. The first-order valence-corrected chi connectivity index (χ1v) is 9.38. The zero-order valence-corrected chi connectivity index (χ0v) is 16.3. The molecule has 1 aromatic carbocycles. The van der Waals surface area contributed by atoms with Crippen molar-refractivity contribution < 1.29 is 9.18 Å². The molecule has 1 amide bonds. The first kappa shape index (κ1) is 18.6. The monoisotopic (exact) mass is 381 g/mol. The molecule has 7 heteroatoms. The highest BCUT2D eigenvalue weighted by molar-refractivity contribution is 5.95. The van der Waals surface area contributed by atoms with Gasteiger partial charge in [-0.3, -0.25) is 14.4 Å². The number of amides is 1. The average molecular weight is 381 g/mol. The van der Waals surface area contributed by atoms with E-state index >= 15 is 0 Å². The Morgan fingerprint density at radius 3 is 2.68 bits per heavy atom. The molecule has 28 heavy (non-hydrogen) atoms. The molecular weight excluding hydrogens is 357 g/mol. The number of benzene rings is 1. The Hall–Kier alpha value is -2.80. The maximum atomic E-state index is 13.7. The van der Waals surface area contributed by atoms with Crippen LogP contribution in [-0.2, 0) is 11.8 Å². The van der Waals surface area contributed by atoms with Crippen LogP contribution in [0.5, 0.6) is 0 Å². The molecular formula is C21H24FN5O. The maximum absolute atomic E-state index is 13.7. The highest BCUT2D eigenvalue weighted by Gasteiger charge is 2.35. The minimum atomic E-state index is -1.24. The number of hydrogen-bond donors (Lipinski definition) is 1. The van der Waals surface area contributed by atoms with E-state index in [0.29, 0.717) is 25.5 Å². The summed E-state index contributed by atoms with van der Waals surface area (Å²) < 4.78 is 15.5. The maximum Gasteiger partial charge on any atom is 0.231 e. The molecule has 3 heterocycles. The van der Waals surface area contributed by atoms with Gasteiger partial charge in [0, 0.05) is 50.0 Å². The van der Waals surface area contributed by atoms with Crippen molar-refractivity contribution in [2.45, 2.75) is 19.5 Å². The van der Waals surface area contributed by atoms with Crippen LogP contribution in [0.15, 0.2) is 42.9 Å². The van der Waals surface area contributed by atoms with E-state index in [-0.39, 0.29) is 11.8 Å². The van der Waals surface area contributed by atoms with Crippen molar-refractivity contribution in [2.24, 2.45) is 13.0 Å². The van der Waals surface area contributed by atoms with E-state index in [0.717, 1.165) is 21.9 Å². The zero-order valence-electron chi connectivity index (χ0n) is 16.3. The lowest BCUT2D eigenvalue weighted by molar-refractivity contribution is -0.125. The molecule has 6 nitrogen and oxygen atoms in total. The molecule has 1 saturated heterocycles. The van der Waals surface area contributed by atoms with Crippen LogP contribution in [0.1, 0.15) is 13.8 Å². The van der Waals surface area contributed by atoms with Gasteiger partial charge in [-0.1, -0.05) is 12.1 Å². The van der Waals surface area contributed by atoms with Gasteiger partial charge >= 0.3 is 0 Å². The Morgan fingerprint density at radius 2 is 2.00 bits per heavy atom. The van der Waals surface area contributed by atoms with Crippen LogP contribution in [0.4, 0.5) is 10.2 Å². The molecule has 1 fully saturated rings. The largest absolute Gasteiger partial charge is 0.310 e. The Balaban J connectivity index is 1.45. The van der Waals surface area contributed by atoms with Crippen molar-refractivity contribution in [3.05, 3.63) is 42.9 Å². The van der Waals surface area contributed by atoms with Crippen LogP contribution in [0.3, 0.4) is 0 Å². The van der Waals surface area contributed by atoms with Crippen LogP contribution >= 0.6 is 0 Å². The van der Waals surface area contributed by atoms with Crippen LogP contribution in [-0.4, -0.2) is 50.9 Å². The van der Waals surface area contributed by atoms with Gasteiger partial charge in [0.15, 0.2) is 0 Å². The summed E-state index contributed by atoms with van der Waals surface area (Å²) in [5.41, 5.74) is 0.859. The van der Waals surface area contributed by atoms with Gasteiger partial charge in [0.1, 0.15) is 11.5 Å². The molecule has 1 aliphatic heterocycles. The number of nitrogens with zero attached hydrogens (tertiary/aromatic N) is 4. The molecule has 0 unspecified atom stereocenters. The normalized spacial score (nSPS) is 15.6. The first-order chi connectivity index (χ1) is 13.3. The average Bonchev–Trinajstić information content (AvgIpc) is 3.02. The minimum absolute atomic E-state index is 0.0665. The van der Waals surface area contributed by atoms with E-state index in [9.17, 15) is 9.18 Å². The van der Waals surface area contributed by atoms with Gasteiger partial charge in [-0.15, -0.1) is 0 Å². The predicted molar refractivity (Wildman–Crippen MR) is 108 cm³/mol. The Kier molecular flexibility index (Phi) is 4.63. The summed E-state index contributed by atoms with van der Waals surface area (Å²) in [6.45, 7) is 4.62. The third kappa shape index (κ3) is 4.04. The third-order valence-corrected chi connectivity index (χ3v) is 4.94. The number of hydrogen-bond acceptors (Lipinski definition) is 4. The van der Waals surface area contributed by atoms with Crippen molar-refractivity contribution in [1.82, 2.24) is 19.7 Å². The van der Waals surface area contributed by atoms with Crippen LogP contribution in [0, 0.1) is 5.92 Å². The summed E-state index contributed by atoms with van der Waals surface area (Å²) in [7, 11) is 1.89. The second kappa shape index (κ2) is 6.98. The number of likely N-dealkylation sites (tertiary alicyclic amines) is 1. The van der Waals surface area contributed by atoms with Gasteiger partial charge < -0.3 is 5.32 Å². The van der Waals surface area contributed by atoms with E-state index in [4.69, 9.17) is 0 Å². The van der Waals surface area contributed by atoms with Crippen LogP contribution in [0.25, 0.3) is 21.9 Å². The summed E-state index contributed by atoms with van der Waals surface area (Å²) in [5, 5.41) is 9.12. The minimum Gasteiger partial charge on any atom is -0.310 e. The summed E-state index contributed by atoms with van der Waals surface area (Å²) in [6, 6.07) is 8.00. The van der Waals surface area contributed by atoms with Crippen molar-refractivity contribution >= 4 is 22.5 Å². The van der Waals surface area contributed by atoms with Gasteiger partial charge in [0.05, 0.1) is 12.1 Å². The summed E-state index contributed by atoms with van der Waals surface area (Å²) in [5.74, 6) is 0.342. The predicted octanol–water partition coefficient (Wildman–Crippen LogP) is 3.25. The zero-order chi connectivity index (χ0) is 19.9. The Labute approximate surface area is 163 Å². The van der Waals surface area contributed by atoms with Gasteiger partial charge in [-0.05, 0) is 36.9 Å². The quantitative estimate of drug-likeness (QED) is 0.737. The van der Waals surface area contributed by atoms with E-state index in [1.807, 2.05) is 42.5 Å². The fraction of sp³-hybridized carbons (Fsp3) is 0.381. The van der Waals surface area contributed by atoms with E-state index in [1.165, 1.54) is 0 Å². The van der Waals surface area contributed by atoms with Gasteiger partial charge in [0.25, 0.3) is 0 Å². The number of alkyl halides is 1. The number of fused-ring (bicyclic) bond motifs is 1. The molecule has 0 radical (unpaired) electrons. The van der Waals surface area contributed by atoms with Gasteiger partial charge in [-0.2, -0.15) is 5.10 Å². The van der Waals surface area contributed by atoms with Crippen molar-refractivity contribution in [3.8, 4) is 11.1 Å². The number of carbonyl (C=O) groups is 1. The summed E-state index contributed by atoms with van der Waals surface area (Å²) >= 11 is 0. The number of rotatable bonds is 5. The lowest BCUT2D eigenvalue weighted by Gasteiger charge is -2.40. The summed E-state index contributed by atoms with van der Waals surface area (Å²) in [6.07, 6.45) is 5.55. The molecule has 0 atom stereocenters. The number of pyridine rings is 1. The number of anilines is 1. The fourth-order valence-electron chi connectivity index (χ4n) is 3.58. The molecule has 3 aromatic rings. The van der Waals surface area contributed by atoms with E-state index in [1.54, 1.807) is 24.7 Å². The van der Waals surface area contributed by atoms with Gasteiger partial charge in [0.2, 0.25) is 5.91 Å².